The first-order valence-electron chi connectivity index (χ1n) is 6.51. The zero-order chi connectivity index (χ0) is 13.1. The third kappa shape index (κ3) is 2.35. The van der Waals surface area contributed by atoms with Gasteiger partial charge in [0.1, 0.15) is 11.6 Å². The van der Waals surface area contributed by atoms with Crippen molar-refractivity contribution in [2.24, 2.45) is 5.73 Å². The van der Waals surface area contributed by atoms with Gasteiger partial charge in [-0.15, -0.1) is 0 Å². The fourth-order valence-electron chi connectivity index (χ4n) is 2.60. The number of hydrogen-bond acceptors (Lipinski definition) is 3. The Hall–Kier alpha value is -1.13. The van der Waals surface area contributed by atoms with Gasteiger partial charge in [0.25, 0.3) is 0 Å². The Morgan fingerprint density at radius 3 is 2.89 bits per heavy atom. The molecule has 0 saturated carbocycles. The Morgan fingerprint density at radius 1 is 1.50 bits per heavy atom. The summed E-state index contributed by atoms with van der Waals surface area (Å²) in [5, 5.41) is 0. The first-order chi connectivity index (χ1) is 8.71. The number of rotatable bonds is 5. The number of benzene rings is 1. The molecule has 100 valence electrons. The van der Waals surface area contributed by atoms with Crippen molar-refractivity contribution < 1.29 is 9.13 Å². The summed E-state index contributed by atoms with van der Waals surface area (Å²) in [4.78, 5) is 2.26. The van der Waals surface area contributed by atoms with Crippen LogP contribution in [0.3, 0.4) is 0 Å². The van der Waals surface area contributed by atoms with E-state index in [1.807, 2.05) is 6.07 Å². The lowest BCUT2D eigenvalue weighted by Crippen LogP contribution is -2.28. The van der Waals surface area contributed by atoms with Gasteiger partial charge in [-0.3, -0.25) is 4.90 Å². The number of nitrogens with zero attached hydrogens (tertiary/aromatic N) is 1. The van der Waals surface area contributed by atoms with Gasteiger partial charge in [-0.05, 0) is 24.6 Å². The highest BCUT2D eigenvalue weighted by Gasteiger charge is 2.31. The van der Waals surface area contributed by atoms with Crippen LogP contribution in [0.4, 0.5) is 4.39 Å². The number of hydrogen-bond donors (Lipinski definition) is 1. The summed E-state index contributed by atoms with van der Waals surface area (Å²) < 4.78 is 19.1. The van der Waals surface area contributed by atoms with Crippen LogP contribution in [0.1, 0.15) is 36.9 Å². The van der Waals surface area contributed by atoms with E-state index in [2.05, 4.69) is 11.8 Å². The molecule has 4 heteroatoms. The van der Waals surface area contributed by atoms with Gasteiger partial charge in [0.15, 0.2) is 0 Å². The molecule has 1 unspecified atom stereocenters. The highest BCUT2D eigenvalue weighted by molar-refractivity contribution is 5.41. The first-order valence-corrected chi connectivity index (χ1v) is 6.51. The summed E-state index contributed by atoms with van der Waals surface area (Å²) in [6.07, 6.45) is 2.25. The van der Waals surface area contributed by atoms with E-state index in [4.69, 9.17) is 10.5 Å². The van der Waals surface area contributed by atoms with Crippen molar-refractivity contribution in [2.75, 3.05) is 20.2 Å². The Labute approximate surface area is 108 Å². The lowest BCUT2D eigenvalue weighted by atomic mass is 10.0. The van der Waals surface area contributed by atoms with Crippen LogP contribution in [0.15, 0.2) is 12.1 Å². The maximum absolute atomic E-state index is 14.0. The molecule has 0 saturated heterocycles. The van der Waals surface area contributed by atoms with E-state index in [0.717, 1.165) is 30.5 Å². The fraction of sp³-hybridized carbons (Fsp3) is 0.571. The Kier molecular flexibility index (Phi) is 4.19. The van der Waals surface area contributed by atoms with Crippen LogP contribution in [0, 0.1) is 5.82 Å². The number of unbranched alkanes of at least 4 members (excludes halogenated alkanes) is 1. The maximum Gasteiger partial charge on any atom is 0.131 e. The number of halogens is 1. The van der Waals surface area contributed by atoms with E-state index < -0.39 is 0 Å². The lowest BCUT2D eigenvalue weighted by Gasteiger charge is -2.23. The van der Waals surface area contributed by atoms with E-state index in [9.17, 15) is 4.39 Å². The molecule has 1 aromatic carbocycles. The smallest absolute Gasteiger partial charge is 0.131 e. The van der Waals surface area contributed by atoms with Crippen LogP contribution >= 0.6 is 0 Å². The Morgan fingerprint density at radius 2 is 2.28 bits per heavy atom. The van der Waals surface area contributed by atoms with E-state index in [-0.39, 0.29) is 11.9 Å². The molecule has 0 fully saturated rings. The van der Waals surface area contributed by atoms with Crippen molar-refractivity contribution in [3.8, 4) is 5.75 Å². The molecule has 0 aromatic heterocycles. The molecular weight excluding hydrogens is 231 g/mol. The van der Waals surface area contributed by atoms with Gasteiger partial charge in [-0.1, -0.05) is 13.3 Å². The molecule has 2 rings (SSSR count). The molecule has 0 aliphatic carbocycles. The van der Waals surface area contributed by atoms with Gasteiger partial charge in [0.2, 0.25) is 0 Å². The third-order valence-corrected chi connectivity index (χ3v) is 3.62. The molecule has 1 aliphatic heterocycles. The summed E-state index contributed by atoms with van der Waals surface area (Å²) in [6, 6.07) is 3.49. The third-order valence-electron chi connectivity index (χ3n) is 3.62. The summed E-state index contributed by atoms with van der Waals surface area (Å²) in [5.41, 5.74) is 7.62. The normalized spacial score (nSPS) is 19.0. The maximum atomic E-state index is 14.0. The average Bonchev–Trinajstić information content (AvgIpc) is 2.74. The quantitative estimate of drug-likeness (QED) is 0.874. The standard InChI is InChI=1S/C14H21FN2O/c1-3-4-5-17-9-12-11(14(17)8-16)6-10(18-2)7-13(12)15/h6-7,14H,3-5,8-9,16H2,1-2H3. The number of nitrogens with two attached hydrogens (primary N) is 1. The van der Waals surface area contributed by atoms with Gasteiger partial charge in [0, 0.05) is 30.8 Å². The van der Waals surface area contributed by atoms with Gasteiger partial charge in [-0.2, -0.15) is 0 Å². The Balaban J connectivity index is 2.29. The molecule has 1 aromatic rings. The van der Waals surface area contributed by atoms with Crippen LogP contribution in [0.5, 0.6) is 5.75 Å². The fourth-order valence-corrected chi connectivity index (χ4v) is 2.60. The minimum Gasteiger partial charge on any atom is -0.497 e. The minimum absolute atomic E-state index is 0.121. The number of ether oxygens (including phenoxy) is 1. The molecule has 0 radical (unpaired) electrons. The first kappa shape index (κ1) is 13.3. The molecule has 0 spiro atoms. The predicted molar refractivity (Wildman–Crippen MR) is 70.1 cm³/mol. The van der Waals surface area contributed by atoms with E-state index in [1.54, 1.807) is 7.11 Å². The summed E-state index contributed by atoms with van der Waals surface area (Å²) in [7, 11) is 1.56. The molecule has 0 bridgehead atoms. The summed E-state index contributed by atoms with van der Waals surface area (Å²) in [6.45, 7) is 4.30. The van der Waals surface area contributed by atoms with Crippen LogP contribution in [-0.2, 0) is 6.54 Å². The topological polar surface area (TPSA) is 38.5 Å². The molecule has 1 heterocycles. The van der Waals surface area contributed by atoms with Crippen molar-refractivity contribution in [2.45, 2.75) is 32.4 Å². The van der Waals surface area contributed by atoms with Crippen molar-refractivity contribution in [1.82, 2.24) is 4.90 Å². The zero-order valence-corrected chi connectivity index (χ0v) is 11.1. The van der Waals surface area contributed by atoms with E-state index >= 15 is 0 Å². The second-order valence-corrected chi connectivity index (χ2v) is 4.75. The van der Waals surface area contributed by atoms with Crippen LogP contribution in [0.25, 0.3) is 0 Å². The van der Waals surface area contributed by atoms with Crippen LogP contribution in [-0.4, -0.2) is 25.1 Å². The van der Waals surface area contributed by atoms with Crippen molar-refractivity contribution in [3.05, 3.63) is 29.1 Å². The average molecular weight is 252 g/mol. The SMILES string of the molecule is CCCCN1Cc2c(F)cc(OC)cc2C1CN. The molecule has 3 nitrogen and oxygen atoms in total. The molecule has 0 amide bonds. The summed E-state index contributed by atoms with van der Waals surface area (Å²) in [5.74, 6) is 0.392. The number of fused-ring (bicyclic) bond motifs is 1. The highest BCUT2D eigenvalue weighted by atomic mass is 19.1. The lowest BCUT2D eigenvalue weighted by molar-refractivity contribution is 0.215. The molecule has 18 heavy (non-hydrogen) atoms. The second-order valence-electron chi connectivity index (χ2n) is 4.75. The van der Waals surface area contributed by atoms with E-state index in [0.29, 0.717) is 18.8 Å². The monoisotopic (exact) mass is 252 g/mol. The van der Waals surface area contributed by atoms with Gasteiger partial charge in [-0.25, -0.2) is 4.39 Å². The van der Waals surface area contributed by atoms with Crippen molar-refractivity contribution in [1.29, 1.82) is 0 Å². The predicted octanol–water partition coefficient (Wildman–Crippen LogP) is 2.45. The molecule has 1 aliphatic rings. The van der Waals surface area contributed by atoms with Gasteiger partial charge >= 0.3 is 0 Å². The minimum atomic E-state index is -0.179. The van der Waals surface area contributed by atoms with Crippen LogP contribution in [0.2, 0.25) is 0 Å². The largest absolute Gasteiger partial charge is 0.497 e. The molecule has 2 N–H and O–H groups in total. The van der Waals surface area contributed by atoms with E-state index in [1.165, 1.54) is 6.07 Å². The molecular formula is C14H21FN2O. The zero-order valence-electron chi connectivity index (χ0n) is 11.1. The van der Waals surface area contributed by atoms with Crippen LogP contribution < -0.4 is 10.5 Å². The summed E-state index contributed by atoms with van der Waals surface area (Å²) >= 11 is 0. The van der Waals surface area contributed by atoms with Gasteiger partial charge in [0.05, 0.1) is 7.11 Å². The Bertz CT molecular complexity index is 423. The van der Waals surface area contributed by atoms with Gasteiger partial charge < -0.3 is 10.5 Å². The highest BCUT2D eigenvalue weighted by Crippen LogP contribution is 2.37. The number of methoxy groups -OCH3 is 1. The van der Waals surface area contributed by atoms with Crippen molar-refractivity contribution in [3.63, 3.8) is 0 Å². The second kappa shape index (κ2) is 5.67. The molecule has 1 atom stereocenters. The van der Waals surface area contributed by atoms with Crippen molar-refractivity contribution >= 4 is 0 Å².